The zero-order valence-electron chi connectivity index (χ0n) is 5.01. The number of thiocarbonyl (C=S) groups is 1. The van der Waals surface area contributed by atoms with Crippen LogP contribution in [0.1, 0.15) is 6.42 Å². The second-order valence-corrected chi connectivity index (χ2v) is 2.59. The molecular weight excluding hydrogens is 139 g/mol. The van der Waals surface area contributed by atoms with Gasteiger partial charge in [0.1, 0.15) is 6.17 Å². The van der Waals surface area contributed by atoms with E-state index in [1.165, 1.54) is 0 Å². The average molecular weight is 148 g/mol. The van der Waals surface area contributed by atoms with Crippen molar-refractivity contribution in [2.45, 2.75) is 12.6 Å². The highest BCUT2D eigenvalue weighted by atomic mass is 32.1. The van der Waals surface area contributed by atoms with Crippen LogP contribution in [0.15, 0.2) is 0 Å². The molecule has 1 rings (SSSR count). The number of nitrogens with two attached hydrogens (primary N) is 1. The van der Waals surface area contributed by atoms with Crippen molar-refractivity contribution in [1.82, 2.24) is 4.90 Å². The van der Waals surface area contributed by atoms with Gasteiger partial charge in [-0.05, 0) is 18.6 Å². The number of halogens is 1. The molecule has 1 saturated heterocycles. The molecular formula is C5H9FN2S. The first-order valence-electron chi connectivity index (χ1n) is 2.88. The summed E-state index contributed by atoms with van der Waals surface area (Å²) in [6.07, 6.45) is -0.163. The topological polar surface area (TPSA) is 29.3 Å². The second kappa shape index (κ2) is 2.47. The monoisotopic (exact) mass is 148 g/mol. The zero-order chi connectivity index (χ0) is 6.85. The van der Waals surface area contributed by atoms with Gasteiger partial charge in [0.25, 0.3) is 0 Å². The third-order valence-electron chi connectivity index (χ3n) is 1.44. The van der Waals surface area contributed by atoms with E-state index >= 15 is 0 Å². The first-order valence-corrected chi connectivity index (χ1v) is 3.29. The Kier molecular flexibility index (Phi) is 1.85. The first-order chi connectivity index (χ1) is 4.20. The van der Waals surface area contributed by atoms with Crippen molar-refractivity contribution < 1.29 is 4.39 Å². The second-order valence-electron chi connectivity index (χ2n) is 2.17. The van der Waals surface area contributed by atoms with Crippen molar-refractivity contribution >= 4 is 17.3 Å². The largest absolute Gasteiger partial charge is 0.376 e. The van der Waals surface area contributed by atoms with E-state index in [2.05, 4.69) is 12.2 Å². The fourth-order valence-corrected chi connectivity index (χ4v) is 1.08. The fraction of sp³-hybridized carbons (Fsp3) is 0.800. The summed E-state index contributed by atoms with van der Waals surface area (Å²) in [7, 11) is 0. The van der Waals surface area contributed by atoms with Gasteiger partial charge in [0.15, 0.2) is 5.11 Å². The van der Waals surface area contributed by atoms with E-state index in [9.17, 15) is 4.39 Å². The van der Waals surface area contributed by atoms with E-state index in [-0.39, 0.29) is 0 Å². The highest BCUT2D eigenvalue weighted by Crippen LogP contribution is 2.10. The van der Waals surface area contributed by atoms with Gasteiger partial charge >= 0.3 is 0 Å². The van der Waals surface area contributed by atoms with Crippen molar-refractivity contribution in [2.75, 3.05) is 13.1 Å². The standard InChI is InChI=1S/C5H9FN2S/c6-4-1-2-8(3-4)5(7)9/h4H,1-3H2,(H2,7,9)/t4-/m1/s1. The predicted molar refractivity (Wildman–Crippen MR) is 37.9 cm³/mol. The van der Waals surface area contributed by atoms with Gasteiger partial charge in [-0.1, -0.05) is 0 Å². The molecule has 52 valence electrons. The summed E-state index contributed by atoms with van der Waals surface area (Å²) in [6.45, 7) is 1.06. The van der Waals surface area contributed by atoms with Gasteiger partial charge in [0, 0.05) is 6.54 Å². The van der Waals surface area contributed by atoms with Crippen LogP contribution in [0.3, 0.4) is 0 Å². The predicted octanol–water partition coefficient (Wildman–Crippen LogP) is 0.274. The van der Waals surface area contributed by atoms with Crippen molar-refractivity contribution in [3.05, 3.63) is 0 Å². The van der Waals surface area contributed by atoms with Gasteiger partial charge in [-0.25, -0.2) is 4.39 Å². The fourth-order valence-electron chi connectivity index (χ4n) is 0.918. The van der Waals surface area contributed by atoms with Gasteiger partial charge in [-0.15, -0.1) is 0 Å². The average Bonchev–Trinajstić information content (AvgIpc) is 2.14. The van der Waals surface area contributed by atoms with E-state index in [1.54, 1.807) is 4.90 Å². The molecule has 1 aliphatic heterocycles. The third-order valence-corrected chi connectivity index (χ3v) is 1.70. The van der Waals surface area contributed by atoms with Crippen molar-refractivity contribution in [3.8, 4) is 0 Å². The maximum atomic E-state index is 12.4. The first kappa shape index (κ1) is 6.74. The molecule has 2 N–H and O–H groups in total. The van der Waals surface area contributed by atoms with Crippen molar-refractivity contribution in [3.63, 3.8) is 0 Å². The smallest absolute Gasteiger partial charge is 0.166 e. The van der Waals surface area contributed by atoms with E-state index < -0.39 is 6.17 Å². The summed E-state index contributed by atoms with van der Waals surface area (Å²) in [5.74, 6) is 0. The van der Waals surface area contributed by atoms with E-state index in [0.29, 0.717) is 24.6 Å². The van der Waals surface area contributed by atoms with Crippen LogP contribution < -0.4 is 5.73 Å². The Labute approximate surface area is 58.8 Å². The lowest BCUT2D eigenvalue weighted by Crippen LogP contribution is -2.33. The lowest BCUT2D eigenvalue weighted by atomic mass is 10.3. The van der Waals surface area contributed by atoms with E-state index in [0.717, 1.165) is 0 Å². The molecule has 1 aliphatic rings. The molecule has 0 aliphatic carbocycles. The minimum Gasteiger partial charge on any atom is -0.376 e. The number of nitrogens with zero attached hydrogens (tertiary/aromatic N) is 1. The Morgan fingerprint density at radius 3 is 2.67 bits per heavy atom. The van der Waals surface area contributed by atoms with Crippen molar-refractivity contribution in [2.24, 2.45) is 5.73 Å². The summed E-state index contributed by atoms with van der Waals surface area (Å²) >= 11 is 4.65. The maximum Gasteiger partial charge on any atom is 0.166 e. The van der Waals surface area contributed by atoms with Crippen LogP contribution >= 0.6 is 12.2 Å². The van der Waals surface area contributed by atoms with E-state index in [4.69, 9.17) is 5.73 Å². The molecule has 0 spiro atoms. The molecule has 2 nitrogen and oxygen atoms in total. The minimum atomic E-state index is -0.730. The molecule has 4 heteroatoms. The molecule has 0 aromatic rings. The highest BCUT2D eigenvalue weighted by molar-refractivity contribution is 7.80. The Morgan fingerprint density at radius 2 is 2.44 bits per heavy atom. The molecule has 0 radical (unpaired) electrons. The van der Waals surface area contributed by atoms with E-state index in [1.807, 2.05) is 0 Å². The van der Waals surface area contributed by atoms with Gasteiger partial charge in [-0.3, -0.25) is 0 Å². The lowest BCUT2D eigenvalue weighted by Gasteiger charge is -2.13. The van der Waals surface area contributed by atoms with Gasteiger partial charge in [0.2, 0.25) is 0 Å². The molecule has 0 unspecified atom stereocenters. The summed E-state index contributed by atoms with van der Waals surface area (Å²) in [5.41, 5.74) is 5.25. The molecule has 1 heterocycles. The minimum absolute atomic E-state index is 0.315. The van der Waals surface area contributed by atoms with Gasteiger partial charge in [-0.2, -0.15) is 0 Å². The molecule has 0 aromatic heterocycles. The molecule has 1 fully saturated rings. The molecule has 1 atom stereocenters. The molecule has 0 bridgehead atoms. The maximum absolute atomic E-state index is 12.4. The van der Waals surface area contributed by atoms with Crippen LogP contribution in [0.2, 0.25) is 0 Å². The highest BCUT2D eigenvalue weighted by Gasteiger charge is 2.21. The molecule has 0 amide bonds. The van der Waals surface area contributed by atoms with Crippen LogP contribution in [0.4, 0.5) is 4.39 Å². The van der Waals surface area contributed by atoms with Crippen LogP contribution in [0.5, 0.6) is 0 Å². The lowest BCUT2D eigenvalue weighted by molar-refractivity contribution is 0.343. The Hall–Kier alpha value is -0.380. The Morgan fingerprint density at radius 1 is 1.78 bits per heavy atom. The third kappa shape index (κ3) is 1.51. The summed E-state index contributed by atoms with van der Waals surface area (Å²) in [4.78, 5) is 1.68. The van der Waals surface area contributed by atoms with Crippen LogP contribution in [0.25, 0.3) is 0 Å². The number of hydrogen-bond donors (Lipinski definition) is 1. The molecule has 0 aromatic carbocycles. The SMILES string of the molecule is NC(=S)N1CC[C@@H](F)C1. The number of rotatable bonds is 0. The zero-order valence-corrected chi connectivity index (χ0v) is 5.83. The number of hydrogen-bond acceptors (Lipinski definition) is 1. The normalized spacial score (nSPS) is 26.8. The van der Waals surface area contributed by atoms with Gasteiger partial charge < -0.3 is 10.6 Å². The number of likely N-dealkylation sites (tertiary alicyclic amines) is 1. The van der Waals surface area contributed by atoms with Crippen LogP contribution in [-0.4, -0.2) is 29.3 Å². The Balaban J connectivity index is 2.39. The van der Waals surface area contributed by atoms with Crippen LogP contribution in [0, 0.1) is 0 Å². The molecule has 0 saturated carbocycles. The number of alkyl halides is 1. The summed E-state index contributed by atoms with van der Waals surface area (Å²) < 4.78 is 12.4. The Bertz CT molecular complexity index is 128. The van der Waals surface area contributed by atoms with Crippen molar-refractivity contribution in [1.29, 1.82) is 0 Å². The van der Waals surface area contributed by atoms with Crippen LogP contribution in [-0.2, 0) is 0 Å². The van der Waals surface area contributed by atoms with Gasteiger partial charge in [0.05, 0.1) is 6.54 Å². The summed E-state index contributed by atoms with van der Waals surface area (Å²) in [5, 5.41) is 0.315. The molecule has 9 heavy (non-hydrogen) atoms. The quantitative estimate of drug-likeness (QED) is 0.500. The summed E-state index contributed by atoms with van der Waals surface area (Å²) in [6, 6.07) is 0.